The third-order valence-corrected chi connectivity index (χ3v) is 11.3. The van der Waals surface area contributed by atoms with Crippen LogP contribution in [0, 0.1) is 24.2 Å². The predicted molar refractivity (Wildman–Crippen MR) is 155 cm³/mol. The maximum atomic E-state index is 13.3. The number of thiazole rings is 1. The van der Waals surface area contributed by atoms with E-state index in [9.17, 15) is 28.2 Å². The van der Waals surface area contributed by atoms with Crippen LogP contribution >= 0.6 is 11.3 Å². The second kappa shape index (κ2) is 12.7. The molecule has 226 valence electrons. The van der Waals surface area contributed by atoms with Gasteiger partial charge in [0.1, 0.15) is 11.9 Å². The van der Waals surface area contributed by atoms with Crippen LogP contribution in [0.15, 0.2) is 11.0 Å². The van der Waals surface area contributed by atoms with Crippen molar-refractivity contribution in [2.24, 2.45) is 17.3 Å². The highest BCUT2D eigenvalue weighted by molar-refractivity contribution is 7.87. The van der Waals surface area contributed by atoms with Crippen LogP contribution in [0.5, 0.6) is 0 Å². The number of ether oxygens (including phenoxy) is 1. The van der Waals surface area contributed by atoms with Gasteiger partial charge in [-0.2, -0.15) is 17.0 Å². The van der Waals surface area contributed by atoms with Crippen molar-refractivity contribution in [3.05, 3.63) is 21.7 Å². The maximum Gasteiger partial charge on any atom is 0.309 e. The van der Waals surface area contributed by atoms with Gasteiger partial charge in [-0.3, -0.25) is 9.59 Å². The molecule has 8 unspecified atom stereocenters. The molecule has 3 rings (SSSR count). The number of hydrogen-bond acceptors (Lipinski definition) is 9. The Balaban J connectivity index is 1.97. The molecule has 0 aliphatic carbocycles. The molecule has 0 amide bonds. The molecule has 0 aromatic carbocycles. The van der Waals surface area contributed by atoms with Gasteiger partial charge < -0.3 is 14.9 Å². The van der Waals surface area contributed by atoms with Crippen LogP contribution in [0.25, 0.3) is 6.08 Å². The zero-order chi connectivity index (χ0) is 30.2. The Hall–Kier alpha value is -1.70. The first-order valence-electron chi connectivity index (χ1n) is 13.9. The Morgan fingerprint density at radius 3 is 2.42 bits per heavy atom. The van der Waals surface area contributed by atoms with Crippen molar-refractivity contribution in [1.29, 1.82) is 0 Å². The summed E-state index contributed by atoms with van der Waals surface area (Å²) in [4.78, 5) is 30.9. The van der Waals surface area contributed by atoms with Crippen LogP contribution in [0.3, 0.4) is 0 Å². The summed E-state index contributed by atoms with van der Waals surface area (Å²) in [6.07, 6.45) is 0.519. The number of nitrogens with zero attached hydrogens (tertiary/aromatic N) is 3. The Morgan fingerprint density at radius 2 is 1.85 bits per heavy atom. The van der Waals surface area contributed by atoms with Gasteiger partial charge >= 0.3 is 5.97 Å². The highest BCUT2D eigenvalue weighted by Crippen LogP contribution is 2.42. The fourth-order valence-electron chi connectivity index (χ4n) is 5.58. The molecule has 0 saturated carbocycles. The normalized spacial score (nSPS) is 34.8. The SMILES string of the molecule is C/C(=C\c1csc(C)n1)C1CC2C(CCCC(C)C(O)C(C)C(=O)C(C)(C)C(O)CC(=O)O1)N2S(=O)(=O)N(C)C. The minimum atomic E-state index is -3.71. The van der Waals surface area contributed by atoms with Gasteiger partial charge in [0.25, 0.3) is 10.2 Å². The molecule has 2 fully saturated rings. The zero-order valence-corrected chi connectivity index (χ0v) is 26.5. The van der Waals surface area contributed by atoms with E-state index in [1.165, 1.54) is 34.0 Å². The number of aliphatic hydroxyl groups is 2. The lowest BCUT2D eigenvalue weighted by molar-refractivity contribution is -0.154. The van der Waals surface area contributed by atoms with E-state index in [0.29, 0.717) is 24.8 Å². The van der Waals surface area contributed by atoms with Gasteiger partial charge in [0, 0.05) is 43.9 Å². The Bertz CT molecular complexity index is 1210. The molecule has 40 heavy (non-hydrogen) atoms. The third-order valence-electron chi connectivity index (χ3n) is 8.48. The molecule has 10 nitrogen and oxygen atoms in total. The first-order chi connectivity index (χ1) is 18.5. The van der Waals surface area contributed by atoms with Crippen molar-refractivity contribution in [2.45, 2.75) is 104 Å². The van der Waals surface area contributed by atoms with Gasteiger partial charge in [-0.25, -0.2) is 4.98 Å². The molecule has 0 bridgehead atoms. The lowest BCUT2D eigenvalue weighted by Gasteiger charge is -2.34. The Morgan fingerprint density at radius 1 is 1.20 bits per heavy atom. The van der Waals surface area contributed by atoms with Crippen molar-refractivity contribution in [3.8, 4) is 0 Å². The molecule has 12 heteroatoms. The molecule has 2 aliphatic heterocycles. The third kappa shape index (κ3) is 7.19. The largest absolute Gasteiger partial charge is 0.458 e. The molecular weight excluding hydrogens is 554 g/mol. The summed E-state index contributed by atoms with van der Waals surface area (Å²) < 4.78 is 34.8. The highest BCUT2D eigenvalue weighted by Gasteiger charge is 2.56. The van der Waals surface area contributed by atoms with Crippen molar-refractivity contribution < 1.29 is 33.0 Å². The average molecular weight is 600 g/mol. The summed E-state index contributed by atoms with van der Waals surface area (Å²) in [6, 6.07) is -0.649. The average Bonchev–Trinajstić information content (AvgIpc) is 3.41. The quantitative estimate of drug-likeness (QED) is 0.398. The standard InChI is InChI=1S/C28H45N3O7S2/c1-16-10-9-11-21-22(31(21)40(36,37)30(7)8)13-23(17(2)12-20-15-39-19(4)29-20)38-25(33)14-24(32)28(5,6)27(35)18(3)26(16)34/h12,15-16,18,21-24,26,32,34H,9-11,13-14H2,1-8H3/b17-12+. The highest BCUT2D eigenvalue weighted by atomic mass is 32.2. The monoisotopic (exact) mass is 599 g/mol. The van der Waals surface area contributed by atoms with E-state index in [1.54, 1.807) is 20.8 Å². The molecule has 0 spiro atoms. The number of Topliss-reactive ketones (excluding diaryl/α,β-unsaturated/α-hetero) is 1. The van der Waals surface area contributed by atoms with Crippen LogP contribution in [0.4, 0.5) is 0 Å². The van der Waals surface area contributed by atoms with Gasteiger partial charge in [-0.05, 0) is 44.3 Å². The van der Waals surface area contributed by atoms with Crippen LogP contribution in [0.2, 0.25) is 0 Å². The zero-order valence-electron chi connectivity index (χ0n) is 24.8. The van der Waals surface area contributed by atoms with E-state index < -0.39 is 52.2 Å². The predicted octanol–water partition coefficient (Wildman–Crippen LogP) is 3.18. The van der Waals surface area contributed by atoms with Gasteiger partial charge in [-0.15, -0.1) is 11.3 Å². The van der Waals surface area contributed by atoms with E-state index in [0.717, 1.165) is 10.7 Å². The number of esters is 1. The summed E-state index contributed by atoms with van der Waals surface area (Å²) in [6.45, 7) is 10.4. The minimum Gasteiger partial charge on any atom is -0.458 e. The molecule has 8 atom stereocenters. The number of aryl methyl sites for hydroxylation is 1. The van der Waals surface area contributed by atoms with Gasteiger partial charge in [0.15, 0.2) is 0 Å². The number of carbonyl (C=O) groups is 2. The number of rotatable bonds is 4. The van der Waals surface area contributed by atoms with Gasteiger partial charge in [0.2, 0.25) is 0 Å². The first-order valence-corrected chi connectivity index (χ1v) is 16.2. The lowest BCUT2D eigenvalue weighted by Crippen LogP contribution is -2.45. The second-order valence-corrected chi connectivity index (χ2v) is 15.3. The number of aliphatic hydroxyl groups excluding tert-OH is 2. The summed E-state index contributed by atoms with van der Waals surface area (Å²) in [5, 5.41) is 24.7. The van der Waals surface area contributed by atoms with E-state index in [1.807, 2.05) is 32.2 Å². The van der Waals surface area contributed by atoms with Crippen LogP contribution in [0.1, 0.15) is 77.4 Å². The molecule has 2 saturated heterocycles. The van der Waals surface area contributed by atoms with Crippen LogP contribution in [-0.2, 0) is 24.5 Å². The molecule has 1 aromatic rings. The molecule has 2 aliphatic rings. The number of hydrogen-bond donors (Lipinski definition) is 2. The van der Waals surface area contributed by atoms with Crippen molar-refractivity contribution in [1.82, 2.24) is 13.6 Å². The summed E-state index contributed by atoms with van der Waals surface area (Å²) in [5.41, 5.74) is 0.150. The van der Waals surface area contributed by atoms with Crippen LogP contribution in [-0.4, -0.2) is 88.5 Å². The molecule has 3 heterocycles. The Labute approximate surface area is 242 Å². The molecular formula is C28H45N3O7S2. The minimum absolute atomic E-state index is 0.208. The van der Waals surface area contributed by atoms with E-state index in [2.05, 4.69) is 4.98 Å². The molecule has 0 radical (unpaired) electrons. The second-order valence-electron chi connectivity index (χ2n) is 12.1. The number of carbonyl (C=O) groups excluding carboxylic acids is 2. The van der Waals surface area contributed by atoms with Gasteiger partial charge in [0.05, 0.1) is 34.7 Å². The molecule has 2 N–H and O–H groups in total. The Kier molecular flexibility index (Phi) is 10.4. The number of cyclic esters (lactones) is 1. The summed E-state index contributed by atoms with van der Waals surface area (Å²) >= 11 is 1.50. The van der Waals surface area contributed by atoms with E-state index >= 15 is 0 Å². The van der Waals surface area contributed by atoms with Crippen molar-refractivity contribution in [3.63, 3.8) is 0 Å². The van der Waals surface area contributed by atoms with Gasteiger partial charge in [-0.1, -0.05) is 34.1 Å². The van der Waals surface area contributed by atoms with E-state index in [-0.39, 0.29) is 30.2 Å². The first kappa shape index (κ1) is 32.8. The number of aromatic nitrogens is 1. The number of ketones is 1. The lowest BCUT2D eigenvalue weighted by atomic mass is 9.73. The summed E-state index contributed by atoms with van der Waals surface area (Å²) in [5.74, 6) is -1.97. The fourth-order valence-corrected chi connectivity index (χ4v) is 7.63. The maximum absolute atomic E-state index is 13.3. The van der Waals surface area contributed by atoms with Crippen molar-refractivity contribution in [2.75, 3.05) is 14.1 Å². The van der Waals surface area contributed by atoms with Crippen molar-refractivity contribution >= 4 is 39.4 Å². The fraction of sp³-hybridized carbons (Fsp3) is 0.750. The summed E-state index contributed by atoms with van der Waals surface area (Å²) in [7, 11) is -0.726. The van der Waals surface area contributed by atoms with Crippen LogP contribution < -0.4 is 0 Å². The molecule has 1 aromatic heterocycles. The van der Waals surface area contributed by atoms with E-state index in [4.69, 9.17) is 4.74 Å². The topological polar surface area (TPSA) is 137 Å². The smallest absolute Gasteiger partial charge is 0.309 e. The number of fused-ring (bicyclic) bond motifs is 1.